The molecular formula is C15H23N7O2. The van der Waals surface area contributed by atoms with Gasteiger partial charge in [-0.1, -0.05) is 5.21 Å². The predicted octanol–water partition coefficient (Wildman–Crippen LogP) is -0.317. The summed E-state index contributed by atoms with van der Waals surface area (Å²) in [6.07, 6.45) is 7.29. The highest BCUT2D eigenvalue weighted by molar-refractivity contribution is 5.77. The second-order valence-electron chi connectivity index (χ2n) is 5.88. The molecule has 1 N–H and O–H groups in total. The molecule has 24 heavy (non-hydrogen) atoms. The van der Waals surface area contributed by atoms with E-state index in [-0.39, 0.29) is 24.6 Å². The fourth-order valence-corrected chi connectivity index (χ4v) is 3.16. The Morgan fingerprint density at radius 1 is 1.38 bits per heavy atom. The van der Waals surface area contributed by atoms with Gasteiger partial charge in [0.25, 0.3) is 0 Å². The highest BCUT2D eigenvalue weighted by atomic mass is 16.5. The number of rotatable bonds is 7. The Kier molecular flexibility index (Phi) is 5.21. The predicted molar refractivity (Wildman–Crippen MR) is 86.0 cm³/mol. The third kappa shape index (κ3) is 3.62. The van der Waals surface area contributed by atoms with E-state index in [1.165, 1.54) is 7.11 Å². The molecule has 0 radical (unpaired) electrons. The van der Waals surface area contributed by atoms with Crippen LogP contribution in [0.2, 0.25) is 0 Å². The molecule has 1 saturated heterocycles. The van der Waals surface area contributed by atoms with E-state index < -0.39 is 0 Å². The maximum atomic E-state index is 11.9. The van der Waals surface area contributed by atoms with Gasteiger partial charge in [-0.25, -0.2) is 9.67 Å². The molecule has 0 saturated carbocycles. The van der Waals surface area contributed by atoms with Crippen LogP contribution in [0.15, 0.2) is 24.8 Å². The zero-order valence-electron chi connectivity index (χ0n) is 14.0. The van der Waals surface area contributed by atoms with Crippen molar-refractivity contribution in [1.82, 2.24) is 34.8 Å². The molecule has 1 aliphatic rings. The van der Waals surface area contributed by atoms with Gasteiger partial charge in [-0.05, 0) is 6.92 Å². The summed E-state index contributed by atoms with van der Waals surface area (Å²) in [4.78, 5) is 18.6. The molecule has 2 atom stereocenters. The molecule has 0 bridgehead atoms. The molecule has 1 fully saturated rings. The van der Waals surface area contributed by atoms with Gasteiger partial charge < -0.3 is 14.6 Å². The van der Waals surface area contributed by atoms with E-state index in [4.69, 9.17) is 4.74 Å². The lowest BCUT2D eigenvalue weighted by Gasteiger charge is -2.19. The molecule has 1 amide bonds. The van der Waals surface area contributed by atoms with Gasteiger partial charge in [0.05, 0.1) is 24.8 Å². The Morgan fingerprint density at radius 2 is 2.25 bits per heavy atom. The van der Waals surface area contributed by atoms with Crippen molar-refractivity contribution in [1.29, 1.82) is 0 Å². The lowest BCUT2D eigenvalue weighted by atomic mass is 10.2. The van der Waals surface area contributed by atoms with Gasteiger partial charge in [-0.3, -0.25) is 9.69 Å². The van der Waals surface area contributed by atoms with Crippen LogP contribution in [0.4, 0.5) is 0 Å². The molecular weight excluding hydrogens is 310 g/mol. The van der Waals surface area contributed by atoms with E-state index in [9.17, 15) is 4.79 Å². The minimum Gasteiger partial charge on any atom is -0.375 e. The highest BCUT2D eigenvalue weighted by Crippen LogP contribution is 2.22. The molecule has 130 valence electrons. The maximum absolute atomic E-state index is 11.9. The normalized spacial score (nSPS) is 21.2. The number of aryl methyl sites for hydroxylation is 1. The molecule has 3 heterocycles. The molecule has 0 aliphatic carbocycles. The van der Waals surface area contributed by atoms with Crippen LogP contribution in [0.1, 0.15) is 18.8 Å². The van der Waals surface area contributed by atoms with Crippen LogP contribution in [0, 0.1) is 0 Å². The number of imidazole rings is 1. The first-order valence-corrected chi connectivity index (χ1v) is 8.07. The Labute approximate surface area is 140 Å². The number of carbonyl (C=O) groups excluding carboxylic acids is 1. The number of hydrogen-bond acceptors (Lipinski definition) is 6. The van der Waals surface area contributed by atoms with Gasteiger partial charge >= 0.3 is 0 Å². The first-order chi connectivity index (χ1) is 11.7. The molecule has 2 aromatic rings. The Morgan fingerprint density at radius 3 is 2.96 bits per heavy atom. The lowest BCUT2D eigenvalue weighted by molar-refractivity contribution is -0.125. The number of likely N-dealkylation sites (tertiary alicyclic amines) is 1. The van der Waals surface area contributed by atoms with Crippen molar-refractivity contribution in [2.45, 2.75) is 32.1 Å². The molecule has 9 heteroatoms. The third-order valence-electron chi connectivity index (χ3n) is 4.27. The maximum Gasteiger partial charge on any atom is 0.246 e. The minimum atomic E-state index is -0.121. The quantitative estimate of drug-likeness (QED) is 0.747. The van der Waals surface area contributed by atoms with Gasteiger partial charge in [-0.2, -0.15) is 0 Å². The number of methoxy groups -OCH3 is 1. The average Bonchev–Trinajstić information content (AvgIpc) is 3.28. The lowest BCUT2D eigenvalue weighted by Crippen LogP contribution is -2.43. The first-order valence-electron chi connectivity index (χ1n) is 8.07. The average molecular weight is 333 g/mol. The van der Waals surface area contributed by atoms with Crippen LogP contribution in [0.25, 0.3) is 0 Å². The van der Waals surface area contributed by atoms with Crippen LogP contribution < -0.4 is 5.32 Å². The number of ether oxygens (including phenoxy) is 1. The molecule has 3 rings (SSSR count). The van der Waals surface area contributed by atoms with E-state index in [1.807, 2.05) is 23.3 Å². The van der Waals surface area contributed by atoms with Crippen molar-refractivity contribution in [3.8, 4) is 0 Å². The summed E-state index contributed by atoms with van der Waals surface area (Å²) >= 11 is 0. The number of amides is 1. The van der Waals surface area contributed by atoms with E-state index in [2.05, 4.69) is 37.0 Å². The van der Waals surface area contributed by atoms with Gasteiger partial charge in [0, 0.05) is 45.3 Å². The number of hydrogen-bond donors (Lipinski definition) is 1. The summed E-state index contributed by atoms with van der Waals surface area (Å²) in [7, 11) is 1.51. The first kappa shape index (κ1) is 16.6. The molecule has 2 aromatic heterocycles. The fourth-order valence-electron chi connectivity index (χ4n) is 3.16. The summed E-state index contributed by atoms with van der Waals surface area (Å²) in [6.45, 7) is 5.29. The number of aromatic nitrogens is 5. The van der Waals surface area contributed by atoms with Crippen molar-refractivity contribution < 1.29 is 9.53 Å². The molecule has 0 aromatic carbocycles. The topological polar surface area (TPSA) is 90.1 Å². The van der Waals surface area contributed by atoms with Crippen LogP contribution in [-0.2, 0) is 22.6 Å². The highest BCUT2D eigenvalue weighted by Gasteiger charge is 2.36. The van der Waals surface area contributed by atoms with Gasteiger partial charge in [0.15, 0.2) is 0 Å². The summed E-state index contributed by atoms with van der Waals surface area (Å²) in [6, 6.07) is -0.00210. The Hall–Kier alpha value is -2.26. The number of nitrogens with one attached hydrogen (secondary N) is 1. The second-order valence-corrected chi connectivity index (χ2v) is 5.88. The van der Waals surface area contributed by atoms with Crippen molar-refractivity contribution >= 4 is 5.91 Å². The van der Waals surface area contributed by atoms with Gasteiger partial charge in [0.2, 0.25) is 5.91 Å². The number of carbonyl (C=O) groups is 1. The molecule has 1 aliphatic heterocycles. The largest absolute Gasteiger partial charge is 0.375 e. The Balaban J connectivity index is 1.71. The SMILES string of the molecule is CCn1ccnc1CN1C[C@@H](NC(=O)COC)[C@@H](n2ccnn2)C1. The fraction of sp³-hybridized carbons (Fsp3) is 0.600. The van der Waals surface area contributed by atoms with E-state index in [0.717, 1.165) is 32.0 Å². The summed E-state index contributed by atoms with van der Waals surface area (Å²) in [5.74, 6) is 0.906. The Bertz CT molecular complexity index is 655. The van der Waals surface area contributed by atoms with Crippen molar-refractivity contribution in [2.24, 2.45) is 0 Å². The van der Waals surface area contributed by atoms with Gasteiger partial charge in [-0.15, -0.1) is 5.10 Å². The zero-order chi connectivity index (χ0) is 16.9. The molecule has 9 nitrogen and oxygen atoms in total. The van der Waals surface area contributed by atoms with E-state index in [0.29, 0.717) is 0 Å². The third-order valence-corrected chi connectivity index (χ3v) is 4.27. The van der Waals surface area contributed by atoms with Crippen LogP contribution in [0.3, 0.4) is 0 Å². The van der Waals surface area contributed by atoms with Crippen LogP contribution in [0.5, 0.6) is 0 Å². The minimum absolute atomic E-state index is 0.0401. The summed E-state index contributed by atoms with van der Waals surface area (Å²) in [5.41, 5.74) is 0. The summed E-state index contributed by atoms with van der Waals surface area (Å²) < 4.78 is 8.84. The zero-order valence-corrected chi connectivity index (χ0v) is 14.0. The monoisotopic (exact) mass is 333 g/mol. The second kappa shape index (κ2) is 7.54. The van der Waals surface area contributed by atoms with Crippen LogP contribution in [-0.4, -0.2) is 68.2 Å². The smallest absolute Gasteiger partial charge is 0.246 e. The van der Waals surface area contributed by atoms with Crippen molar-refractivity contribution in [3.63, 3.8) is 0 Å². The van der Waals surface area contributed by atoms with Crippen LogP contribution >= 0.6 is 0 Å². The van der Waals surface area contributed by atoms with Gasteiger partial charge in [0.1, 0.15) is 12.4 Å². The van der Waals surface area contributed by atoms with Crippen molar-refractivity contribution in [2.75, 3.05) is 26.8 Å². The number of nitrogens with zero attached hydrogens (tertiary/aromatic N) is 6. The van der Waals surface area contributed by atoms with E-state index in [1.54, 1.807) is 6.20 Å². The summed E-state index contributed by atoms with van der Waals surface area (Å²) in [5, 5.41) is 11.0. The van der Waals surface area contributed by atoms with Crippen molar-refractivity contribution in [3.05, 3.63) is 30.6 Å². The molecule has 0 unspecified atom stereocenters. The molecule has 0 spiro atoms. The standard InChI is InChI=1S/C15H23N7O2/c1-3-21-6-4-16-14(21)10-20-8-12(18-15(23)11-24-2)13(9-20)22-7-5-17-19-22/h4-7,12-13H,3,8-11H2,1-2H3,(H,18,23)/t12-,13+/m1/s1. The van der Waals surface area contributed by atoms with E-state index >= 15 is 0 Å².